The van der Waals surface area contributed by atoms with Crippen LogP contribution >= 0.6 is 15.9 Å². The zero-order chi connectivity index (χ0) is 24.5. The maximum Gasteiger partial charge on any atom is 0.345 e. The van der Waals surface area contributed by atoms with Gasteiger partial charge in [-0.1, -0.05) is 31.2 Å². The molecule has 1 amide bonds. The van der Waals surface area contributed by atoms with Crippen LogP contribution in [0.1, 0.15) is 70.5 Å². The Bertz CT molecular complexity index is 1400. The largest absolute Gasteiger partial charge is 0.417 e. The van der Waals surface area contributed by atoms with Crippen LogP contribution in [0.25, 0.3) is 10.8 Å². The van der Waals surface area contributed by atoms with Crippen LogP contribution in [0, 0.1) is 0 Å². The topological polar surface area (TPSA) is 86.4 Å². The van der Waals surface area contributed by atoms with Crippen LogP contribution in [-0.4, -0.2) is 28.0 Å². The Kier molecular flexibility index (Phi) is 6.47. The number of imidazole rings is 1. The van der Waals surface area contributed by atoms with Gasteiger partial charge in [-0.15, -0.1) is 0 Å². The molecule has 1 aliphatic rings. The predicted molar refractivity (Wildman–Crippen MR) is 136 cm³/mol. The number of nitrogens with zero attached hydrogens (tertiary/aromatic N) is 2. The zero-order valence-electron chi connectivity index (χ0n) is 19.6. The number of ether oxygens (including phenoxy) is 1. The van der Waals surface area contributed by atoms with E-state index in [2.05, 4.69) is 28.2 Å². The number of aromatic nitrogens is 2. The van der Waals surface area contributed by atoms with Gasteiger partial charge in [-0.05, 0) is 65.5 Å². The molecule has 1 saturated carbocycles. The van der Waals surface area contributed by atoms with Crippen molar-refractivity contribution in [3.8, 4) is 5.95 Å². The lowest BCUT2D eigenvalue weighted by Crippen LogP contribution is -2.27. The second-order valence-electron chi connectivity index (χ2n) is 8.63. The summed E-state index contributed by atoms with van der Waals surface area (Å²) < 4.78 is 13.8. The van der Waals surface area contributed by atoms with E-state index in [1.54, 1.807) is 24.3 Å². The molecular formula is C27H26BrN3O4. The molecule has 0 saturated heterocycles. The average molecular weight is 536 g/mol. The SMILES string of the molecule is CCNC(=O)c1c(C2CC2)nc(CC)n1Cc1ccc2c(OC(=O)c3ccccc3)oc(Br)c2c1. The Morgan fingerprint density at radius 1 is 1.14 bits per heavy atom. The molecule has 2 aromatic carbocycles. The lowest BCUT2D eigenvalue weighted by molar-refractivity contribution is 0.0695. The molecule has 7 nitrogen and oxygen atoms in total. The number of carbonyl (C=O) groups is 2. The van der Waals surface area contributed by atoms with E-state index < -0.39 is 5.97 Å². The summed E-state index contributed by atoms with van der Waals surface area (Å²) >= 11 is 3.46. The number of furan rings is 1. The van der Waals surface area contributed by atoms with E-state index in [9.17, 15) is 9.59 Å². The molecule has 1 fully saturated rings. The molecule has 0 spiro atoms. The third-order valence-corrected chi connectivity index (χ3v) is 6.73. The van der Waals surface area contributed by atoms with Crippen molar-refractivity contribution in [2.75, 3.05) is 6.54 Å². The number of benzene rings is 2. The number of amides is 1. The highest BCUT2D eigenvalue weighted by Gasteiger charge is 2.33. The van der Waals surface area contributed by atoms with Gasteiger partial charge in [0.15, 0.2) is 4.67 Å². The summed E-state index contributed by atoms with van der Waals surface area (Å²) in [7, 11) is 0. The minimum absolute atomic E-state index is 0.0812. The van der Waals surface area contributed by atoms with Crippen molar-refractivity contribution in [1.82, 2.24) is 14.9 Å². The van der Waals surface area contributed by atoms with Gasteiger partial charge in [0.2, 0.25) is 0 Å². The van der Waals surface area contributed by atoms with Crippen molar-refractivity contribution >= 4 is 38.6 Å². The van der Waals surface area contributed by atoms with Gasteiger partial charge in [0.05, 0.1) is 16.6 Å². The first-order chi connectivity index (χ1) is 17.0. The van der Waals surface area contributed by atoms with Crippen LogP contribution in [0.3, 0.4) is 0 Å². The van der Waals surface area contributed by atoms with Gasteiger partial charge in [-0.2, -0.15) is 0 Å². The van der Waals surface area contributed by atoms with Crippen molar-refractivity contribution in [3.63, 3.8) is 0 Å². The van der Waals surface area contributed by atoms with Gasteiger partial charge in [-0.3, -0.25) is 4.79 Å². The van der Waals surface area contributed by atoms with E-state index in [1.807, 2.05) is 35.8 Å². The molecule has 0 aliphatic heterocycles. The highest BCUT2D eigenvalue weighted by molar-refractivity contribution is 9.10. The highest BCUT2D eigenvalue weighted by Crippen LogP contribution is 2.42. The van der Waals surface area contributed by atoms with Gasteiger partial charge in [0, 0.05) is 30.8 Å². The second kappa shape index (κ2) is 9.70. The zero-order valence-corrected chi connectivity index (χ0v) is 21.2. The number of esters is 1. The number of carbonyl (C=O) groups excluding carboxylic acids is 2. The van der Waals surface area contributed by atoms with Crippen molar-refractivity contribution in [1.29, 1.82) is 0 Å². The summed E-state index contributed by atoms with van der Waals surface area (Å²) in [6, 6.07) is 14.6. The number of hydrogen-bond acceptors (Lipinski definition) is 5. The molecule has 1 N–H and O–H groups in total. The lowest BCUT2D eigenvalue weighted by atomic mass is 10.1. The summed E-state index contributed by atoms with van der Waals surface area (Å²) in [6.45, 7) is 5.04. The van der Waals surface area contributed by atoms with Crippen LogP contribution in [-0.2, 0) is 13.0 Å². The number of hydrogen-bond donors (Lipinski definition) is 1. The van der Waals surface area contributed by atoms with E-state index in [4.69, 9.17) is 14.1 Å². The van der Waals surface area contributed by atoms with E-state index in [0.29, 0.717) is 40.3 Å². The number of halogens is 1. The molecule has 5 rings (SSSR count). The fraction of sp³-hybridized carbons (Fsp3) is 0.296. The number of aryl methyl sites for hydroxylation is 1. The molecule has 2 aromatic heterocycles. The Morgan fingerprint density at radius 2 is 1.91 bits per heavy atom. The lowest BCUT2D eigenvalue weighted by Gasteiger charge is -2.12. The molecule has 0 unspecified atom stereocenters. The summed E-state index contributed by atoms with van der Waals surface area (Å²) in [5.41, 5.74) is 3.00. The monoisotopic (exact) mass is 535 g/mol. The highest BCUT2D eigenvalue weighted by atomic mass is 79.9. The van der Waals surface area contributed by atoms with Crippen molar-refractivity contribution in [2.24, 2.45) is 0 Å². The molecule has 0 radical (unpaired) electrons. The molecule has 2 heterocycles. The Morgan fingerprint density at radius 3 is 2.60 bits per heavy atom. The first-order valence-electron chi connectivity index (χ1n) is 11.9. The Labute approximate surface area is 211 Å². The van der Waals surface area contributed by atoms with E-state index >= 15 is 0 Å². The molecule has 8 heteroatoms. The minimum atomic E-state index is -0.483. The number of nitrogens with one attached hydrogen (secondary N) is 1. The van der Waals surface area contributed by atoms with Crippen LogP contribution in [0.2, 0.25) is 0 Å². The smallest absolute Gasteiger partial charge is 0.345 e. The summed E-state index contributed by atoms with van der Waals surface area (Å²) in [5, 5.41) is 4.43. The predicted octanol–water partition coefficient (Wildman–Crippen LogP) is 5.85. The Hall–Kier alpha value is -3.39. The molecule has 1 aliphatic carbocycles. The third kappa shape index (κ3) is 4.62. The first-order valence-corrected chi connectivity index (χ1v) is 12.6. The van der Waals surface area contributed by atoms with Gasteiger partial charge in [0.25, 0.3) is 5.91 Å². The molecule has 4 aromatic rings. The standard InChI is InChI=1S/C27H26BrN3O4/c1-3-21-30-22(17-11-12-17)23(25(32)29-4-2)31(21)15-16-10-13-19-20(14-16)24(28)34-27(19)35-26(33)18-8-6-5-7-9-18/h5-10,13-14,17H,3-4,11-12,15H2,1-2H3,(H,29,32). The van der Waals surface area contributed by atoms with Crippen LogP contribution in [0.4, 0.5) is 0 Å². The van der Waals surface area contributed by atoms with Crippen LogP contribution in [0.15, 0.2) is 57.6 Å². The normalized spacial score (nSPS) is 13.2. The fourth-order valence-corrected chi connectivity index (χ4v) is 4.76. The second-order valence-corrected chi connectivity index (χ2v) is 9.35. The fourth-order valence-electron chi connectivity index (χ4n) is 4.28. The number of rotatable bonds is 8. The molecule has 0 atom stereocenters. The van der Waals surface area contributed by atoms with Crippen molar-refractivity contribution in [2.45, 2.75) is 45.6 Å². The maximum absolute atomic E-state index is 13.0. The van der Waals surface area contributed by atoms with E-state index in [1.165, 1.54) is 0 Å². The third-order valence-electron chi connectivity index (χ3n) is 6.14. The van der Waals surface area contributed by atoms with E-state index in [-0.39, 0.29) is 11.9 Å². The number of fused-ring (bicyclic) bond motifs is 1. The quantitative estimate of drug-likeness (QED) is 0.286. The van der Waals surface area contributed by atoms with Crippen molar-refractivity contribution < 1.29 is 18.7 Å². The molecule has 35 heavy (non-hydrogen) atoms. The average Bonchev–Trinajstić information content (AvgIpc) is 3.59. The maximum atomic E-state index is 13.0. The van der Waals surface area contributed by atoms with E-state index in [0.717, 1.165) is 41.7 Å². The molecular weight excluding hydrogens is 510 g/mol. The first kappa shape index (κ1) is 23.4. The summed E-state index contributed by atoms with van der Waals surface area (Å²) in [5.74, 6) is 0.844. The molecule has 0 bridgehead atoms. The summed E-state index contributed by atoms with van der Waals surface area (Å²) in [6.07, 6.45) is 2.88. The van der Waals surface area contributed by atoms with Gasteiger partial charge >= 0.3 is 11.9 Å². The van der Waals surface area contributed by atoms with Crippen molar-refractivity contribution in [3.05, 3.63) is 81.5 Å². The molecule has 180 valence electrons. The summed E-state index contributed by atoms with van der Waals surface area (Å²) in [4.78, 5) is 30.4. The van der Waals surface area contributed by atoms with Gasteiger partial charge < -0.3 is 19.0 Å². The van der Waals surface area contributed by atoms with Crippen LogP contribution < -0.4 is 10.1 Å². The minimum Gasteiger partial charge on any atom is -0.417 e. The Balaban J connectivity index is 1.47. The van der Waals surface area contributed by atoms with Crippen LogP contribution in [0.5, 0.6) is 5.95 Å². The van der Waals surface area contributed by atoms with Gasteiger partial charge in [-0.25, -0.2) is 9.78 Å². The van der Waals surface area contributed by atoms with Gasteiger partial charge in [0.1, 0.15) is 11.5 Å².